The number of hydrogen-bond donors (Lipinski definition) is 0. The minimum absolute atomic E-state index is 0.839. The molecule has 0 spiro atoms. The lowest BCUT2D eigenvalue weighted by Gasteiger charge is -2.28. The predicted octanol–water partition coefficient (Wildman–Crippen LogP) is 19.3. The SMILES string of the molecule is c1ccc(N(c2ccc3c(ccc4c3oc3ccc5oc6c7ccc(N(c8ccccc8)c8c9ccccc9cc9ccccc89)cc7ccc6c5c34)c2)c2c3ccccc3cc3ccccc23)cc1. The Kier molecular flexibility index (Phi) is 8.33. The van der Waals surface area contributed by atoms with Crippen molar-refractivity contribution in [1.29, 1.82) is 0 Å². The van der Waals surface area contributed by atoms with E-state index in [1.54, 1.807) is 0 Å². The van der Waals surface area contributed by atoms with Gasteiger partial charge in [-0.15, -0.1) is 0 Å². The van der Waals surface area contributed by atoms with Crippen molar-refractivity contribution in [1.82, 2.24) is 0 Å². The van der Waals surface area contributed by atoms with Gasteiger partial charge in [-0.25, -0.2) is 0 Å². The highest BCUT2D eigenvalue weighted by molar-refractivity contribution is 6.30. The molecule has 0 aliphatic heterocycles. The third-order valence-electron chi connectivity index (χ3n) is 14.5. The van der Waals surface area contributed by atoms with Crippen LogP contribution >= 0.6 is 0 Å². The van der Waals surface area contributed by atoms with E-state index in [9.17, 15) is 0 Å². The Morgan fingerprint density at radius 1 is 0.229 bits per heavy atom. The molecular weight excluding hydrogens is 853 g/mol. The van der Waals surface area contributed by atoms with Crippen LogP contribution in [0.15, 0.2) is 251 Å². The lowest BCUT2D eigenvalue weighted by atomic mass is 9.98. The summed E-state index contributed by atoms with van der Waals surface area (Å²) in [7, 11) is 0. The van der Waals surface area contributed by atoms with E-state index in [0.717, 1.165) is 99.5 Å². The molecule has 0 saturated carbocycles. The number of fused-ring (bicyclic) bond motifs is 15. The zero-order valence-corrected chi connectivity index (χ0v) is 37.8. The van der Waals surface area contributed by atoms with Crippen LogP contribution in [0.25, 0.3) is 109 Å². The molecule has 4 heteroatoms. The third kappa shape index (κ3) is 5.77. The van der Waals surface area contributed by atoms with Crippen LogP contribution in [0.3, 0.4) is 0 Å². The van der Waals surface area contributed by atoms with E-state index in [0.29, 0.717) is 0 Å². The van der Waals surface area contributed by atoms with E-state index < -0.39 is 0 Å². The number of hydrogen-bond acceptors (Lipinski definition) is 4. The summed E-state index contributed by atoms with van der Waals surface area (Å²) in [4.78, 5) is 4.82. The molecule has 0 bridgehead atoms. The second-order valence-electron chi connectivity index (χ2n) is 18.4. The van der Waals surface area contributed by atoms with Gasteiger partial charge in [0.2, 0.25) is 0 Å². The molecule has 0 N–H and O–H groups in total. The molecule has 15 rings (SSSR count). The highest BCUT2D eigenvalue weighted by Crippen LogP contribution is 2.49. The van der Waals surface area contributed by atoms with Crippen molar-refractivity contribution >= 4 is 143 Å². The minimum Gasteiger partial charge on any atom is -0.455 e. The number of rotatable bonds is 6. The van der Waals surface area contributed by atoms with Gasteiger partial charge in [-0.3, -0.25) is 0 Å². The highest BCUT2D eigenvalue weighted by Gasteiger charge is 2.24. The van der Waals surface area contributed by atoms with Crippen molar-refractivity contribution in [3.63, 3.8) is 0 Å². The molecule has 0 aliphatic carbocycles. The highest BCUT2D eigenvalue weighted by atomic mass is 16.3. The second-order valence-corrected chi connectivity index (χ2v) is 18.4. The summed E-state index contributed by atoms with van der Waals surface area (Å²) in [5.74, 6) is 0. The van der Waals surface area contributed by atoms with Crippen molar-refractivity contribution in [2.45, 2.75) is 0 Å². The maximum absolute atomic E-state index is 6.89. The average molecular weight is 893 g/mol. The molecular formula is C66H40N2O2. The van der Waals surface area contributed by atoms with Crippen molar-refractivity contribution < 1.29 is 8.83 Å². The summed E-state index contributed by atoms with van der Waals surface area (Å²) in [5, 5.41) is 18.2. The lowest BCUT2D eigenvalue weighted by Crippen LogP contribution is -2.11. The first kappa shape index (κ1) is 38.7. The molecule has 15 aromatic rings. The summed E-state index contributed by atoms with van der Waals surface area (Å²) in [6.07, 6.45) is 0. The maximum Gasteiger partial charge on any atom is 0.143 e. The molecule has 0 aliphatic rings. The topological polar surface area (TPSA) is 32.8 Å². The molecule has 0 unspecified atom stereocenters. The van der Waals surface area contributed by atoms with Crippen molar-refractivity contribution in [2.24, 2.45) is 0 Å². The number of anilines is 6. The smallest absolute Gasteiger partial charge is 0.143 e. The van der Waals surface area contributed by atoms with Gasteiger partial charge in [0.15, 0.2) is 0 Å². The van der Waals surface area contributed by atoms with E-state index in [1.165, 1.54) is 43.1 Å². The summed E-state index contributed by atoms with van der Waals surface area (Å²) in [6, 6.07) is 87.4. The molecule has 13 aromatic carbocycles. The van der Waals surface area contributed by atoms with Gasteiger partial charge >= 0.3 is 0 Å². The summed E-state index contributed by atoms with van der Waals surface area (Å²) < 4.78 is 13.8. The van der Waals surface area contributed by atoms with Gasteiger partial charge in [-0.1, -0.05) is 146 Å². The number of nitrogens with zero attached hydrogens (tertiary/aromatic N) is 2. The van der Waals surface area contributed by atoms with Gasteiger partial charge in [-0.2, -0.15) is 0 Å². The number of benzene rings is 13. The fraction of sp³-hybridized carbons (Fsp3) is 0. The number of para-hydroxylation sites is 2. The first-order valence-corrected chi connectivity index (χ1v) is 23.9. The van der Waals surface area contributed by atoms with Gasteiger partial charge in [0, 0.05) is 76.6 Å². The molecule has 2 aromatic heterocycles. The Morgan fingerprint density at radius 2 is 0.557 bits per heavy atom. The summed E-state index contributed by atoms with van der Waals surface area (Å²) >= 11 is 0. The van der Waals surface area contributed by atoms with Crippen molar-refractivity contribution in [3.8, 4) is 0 Å². The Hall–Kier alpha value is -9.38. The lowest BCUT2D eigenvalue weighted by molar-refractivity contribution is 0.666. The molecule has 2 heterocycles. The van der Waals surface area contributed by atoms with E-state index in [-0.39, 0.29) is 0 Å². The Labute approximate surface area is 402 Å². The van der Waals surface area contributed by atoms with Gasteiger partial charge < -0.3 is 18.6 Å². The van der Waals surface area contributed by atoms with E-state index in [1.807, 2.05) is 0 Å². The minimum atomic E-state index is 0.839. The largest absolute Gasteiger partial charge is 0.455 e. The molecule has 0 fully saturated rings. The van der Waals surface area contributed by atoms with Gasteiger partial charge in [0.25, 0.3) is 0 Å². The molecule has 70 heavy (non-hydrogen) atoms. The van der Waals surface area contributed by atoms with Crippen LogP contribution < -0.4 is 9.80 Å². The van der Waals surface area contributed by atoms with Crippen LogP contribution in [-0.2, 0) is 0 Å². The Bertz CT molecular complexity index is 4210. The fourth-order valence-electron chi connectivity index (χ4n) is 11.4. The monoisotopic (exact) mass is 892 g/mol. The van der Waals surface area contributed by atoms with E-state index >= 15 is 0 Å². The molecule has 4 nitrogen and oxygen atoms in total. The Morgan fingerprint density at radius 3 is 0.943 bits per heavy atom. The quantitative estimate of drug-likeness (QED) is 0.156. The van der Waals surface area contributed by atoms with Crippen LogP contribution in [0.1, 0.15) is 0 Å². The zero-order chi connectivity index (χ0) is 45.9. The van der Waals surface area contributed by atoms with Gasteiger partial charge in [0.1, 0.15) is 22.3 Å². The first-order valence-electron chi connectivity index (χ1n) is 23.9. The zero-order valence-electron chi connectivity index (χ0n) is 37.8. The fourth-order valence-corrected chi connectivity index (χ4v) is 11.4. The normalized spacial score (nSPS) is 12.0. The second kappa shape index (κ2) is 15.1. The molecule has 0 radical (unpaired) electrons. The Balaban J connectivity index is 0.890. The molecule has 0 amide bonds. The average Bonchev–Trinajstić information content (AvgIpc) is 4.00. The summed E-state index contributed by atoms with van der Waals surface area (Å²) in [6.45, 7) is 0. The first-order chi connectivity index (χ1) is 34.7. The maximum atomic E-state index is 6.89. The van der Waals surface area contributed by atoms with Crippen molar-refractivity contribution in [3.05, 3.63) is 243 Å². The van der Waals surface area contributed by atoms with Crippen LogP contribution in [0.4, 0.5) is 34.1 Å². The van der Waals surface area contributed by atoms with Crippen LogP contribution in [0, 0.1) is 0 Å². The van der Waals surface area contributed by atoms with E-state index in [4.69, 9.17) is 8.83 Å². The van der Waals surface area contributed by atoms with Crippen LogP contribution in [-0.4, -0.2) is 0 Å². The van der Waals surface area contributed by atoms with E-state index in [2.05, 4.69) is 252 Å². The molecule has 326 valence electrons. The van der Waals surface area contributed by atoms with Crippen LogP contribution in [0.5, 0.6) is 0 Å². The number of furan rings is 2. The van der Waals surface area contributed by atoms with Gasteiger partial charge in [0.05, 0.1) is 11.4 Å². The standard InChI is InChI=1S/C66H40N2O2/c1-3-19-47(20-4-1)67(63-51-23-11-7-15-41(51)37-42-16-8-12-24-52(42)63)49-29-33-55-45(39-49)27-31-57-61-59(69-65(55)57)35-36-60-62(61)58-32-28-46-40-50(30-34-56(46)66(58)70-60)68(48-21-5-2-6-22-48)64-53-25-13-9-17-43(53)38-44-18-10-14-26-54(44)64/h1-40H. The third-order valence-corrected chi connectivity index (χ3v) is 14.5. The van der Waals surface area contributed by atoms with Gasteiger partial charge in [-0.05, 0) is 129 Å². The summed E-state index contributed by atoms with van der Waals surface area (Å²) in [5.41, 5.74) is 10.1. The molecule has 0 saturated heterocycles. The van der Waals surface area contributed by atoms with Crippen LogP contribution in [0.2, 0.25) is 0 Å². The van der Waals surface area contributed by atoms with Crippen molar-refractivity contribution in [2.75, 3.05) is 9.80 Å². The predicted molar refractivity (Wildman–Crippen MR) is 295 cm³/mol. The molecule has 0 atom stereocenters.